The lowest BCUT2D eigenvalue weighted by Gasteiger charge is -2.07. The Morgan fingerprint density at radius 3 is 2.38 bits per heavy atom. The minimum absolute atomic E-state index is 0.165. The molecule has 4 N–H and O–H groups in total. The third kappa shape index (κ3) is 6.42. The highest BCUT2D eigenvalue weighted by Crippen LogP contribution is 2.03. The van der Waals surface area contributed by atoms with Gasteiger partial charge < -0.3 is 21.1 Å². The molecule has 0 bridgehead atoms. The number of rotatable bonds is 7. The van der Waals surface area contributed by atoms with Crippen LogP contribution in [0.1, 0.15) is 29.3 Å². The van der Waals surface area contributed by atoms with E-state index in [-0.39, 0.29) is 18.9 Å². The number of carbonyl (C=O) groups excluding carboxylic acids is 3. The van der Waals surface area contributed by atoms with Crippen LogP contribution in [0.3, 0.4) is 0 Å². The summed E-state index contributed by atoms with van der Waals surface area (Å²) in [5.41, 5.74) is 6.41. The van der Waals surface area contributed by atoms with Gasteiger partial charge in [-0.25, -0.2) is 4.79 Å². The number of benzene rings is 1. The number of ether oxygens (including phenoxy) is 1. The summed E-state index contributed by atoms with van der Waals surface area (Å²) in [5.74, 6) is -0.679. The van der Waals surface area contributed by atoms with Crippen molar-refractivity contribution in [3.05, 3.63) is 35.4 Å². The number of nitrogens with two attached hydrogens (primary N) is 1. The second-order valence-corrected chi connectivity index (χ2v) is 4.24. The Morgan fingerprint density at radius 1 is 1.14 bits per heavy atom. The maximum atomic E-state index is 11.6. The molecule has 0 spiro atoms. The van der Waals surface area contributed by atoms with Crippen LogP contribution in [0.2, 0.25) is 0 Å². The van der Waals surface area contributed by atoms with Crippen molar-refractivity contribution in [1.29, 1.82) is 0 Å². The van der Waals surface area contributed by atoms with Crippen LogP contribution in [0.25, 0.3) is 0 Å². The molecule has 1 aromatic rings. The Kier molecular flexibility index (Phi) is 6.73. The lowest BCUT2D eigenvalue weighted by atomic mass is 10.1. The van der Waals surface area contributed by atoms with E-state index in [2.05, 4.69) is 15.4 Å². The van der Waals surface area contributed by atoms with Crippen LogP contribution in [0.4, 0.5) is 4.79 Å². The first kappa shape index (κ1) is 16.5. The smallest absolute Gasteiger partial charge is 0.407 e. The topological polar surface area (TPSA) is 111 Å². The molecular weight excluding hydrogens is 274 g/mol. The average molecular weight is 293 g/mol. The molecule has 7 heteroatoms. The highest BCUT2D eigenvalue weighted by molar-refractivity contribution is 5.92. The van der Waals surface area contributed by atoms with E-state index in [4.69, 9.17) is 5.73 Å². The molecule has 0 atom stereocenters. The fourth-order valence-corrected chi connectivity index (χ4v) is 1.54. The van der Waals surface area contributed by atoms with Gasteiger partial charge in [-0.1, -0.05) is 12.1 Å². The molecule has 7 nitrogen and oxygen atoms in total. The van der Waals surface area contributed by atoms with Crippen LogP contribution >= 0.6 is 0 Å². The molecular formula is C14H19N3O4. The van der Waals surface area contributed by atoms with Gasteiger partial charge in [0.25, 0.3) is 0 Å². The van der Waals surface area contributed by atoms with Crippen molar-refractivity contribution in [3.63, 3.8) is 0 Å². The number of primary amides is 1. The fraction of sp³-hybridized carbons (Fsp3) is 0.357. The first-order chi connectivity index (χ1) is 10.0. The van der Waals surface area contributed by atoms with Crippen LogP contribution in [0.15, 0.2) is 24.3 Å². The Labute approximate surface area is 122 Å². The molecule has 0 saturated heterocycles. The Hall–Kier alpha value is -2.57. The largest absolute Gasteiger partial charge is 0.450 e. The molecule has 114 valence electrons. The summed E-state index contributed by atoms with van der Waals surface area (Å²) in [6.45, 7) is 2.55. The van der Waals surface area contributed by atoms with E-state index < -0.39 is 12.0 Å². The molecule has 0 aliphatic rings. The highest BCUT2D eigenvalue weighted by atomic mass is 16.5. The van der Waals surface area contributed by atoms with Gasteiger partial charge in [0.05, 0.1) is 6.61 Å². The summed E-state index contributed by atoms with van der Waals surface area (Å²) in [5, 5.41) is 5.17. The molecule has 0 aliphatic heterocycles. The minimum atomic E-state index is -0.535. The monoisotopic (exact) mass is 293 g/mol. The summed E-state index contributed by atoms with van der Waals surface area (Å²) in [6.07, 6.45) is -0.370. The number of hydrogen-bond acceptors (Lipinski definition) is 4. The lowest BCUT2D eigenvalue weighted by molar-refractivity contribution is -0.121. The van der Waals surface area contributed by atoms with Crippen molar-refractivity contribution in [2.24, 2.45) is 5.73 Å². The van der Waals surface area contributed by atoms with Crippen LogP contribution < -0.4 is 16.4 Å². The molecule has 1 rings (SSSR count). The second kappa shape index (κ2) is 8.57. The molecule has 0 saturated carbocycles. The van der Waals surface area contributed by atoms with Crippen molar-refractivity contribution < 1.29 is 19.1 Å². The Bertz CT molecular complexity index is 499. The zero-order valence-electron chi connectivity index (χ0n) is 11.8. The summed E-state index contributed by atoms with van der Waals surface area (Å²) in [6, 6.07) is 6.65. The van der Waals surface area contributed by atoms with E-state index in [1.807, 2.05) is 0 Å². The van der Waals surface area contributed by atoms with Crippen LogP contribution in [-0.2, 0) is 16.1 Å². The van der Waals surface area contributed by atoms with Gasteiger partial charge in [-0.3, -0.25) is 9.59 Å². The summed E-state index contributed by atoms with van der Waals surface area (Å²) >= 11 is 0. The molecule has 1 aromatic carbocycles. The second-order valence-electron chi connectivity index (χ2n) is 4.24. The number of hydrogen-bond donors (Lipinski definition) is 3. The molecule has 0 unspecified atom stereocenters. The van der Waals surface area contributed by atoms with Gasteiger partial charge in [0.15, 0.2) is 0 Å². The summed E-state index contributed by atoms with van der Waals surface area (Å²) in [4.78, 5) is 33.4. The van der Waals surface area contributed by atoms with E-state index in [0.717, 1.165) is 5.56 Å². The third-order valence-electron chi connectivity index (χ3n) is 2.62. The summed E-state index contributed by atoms with van der Waals surface area (Å²) < 4.78 is 4.66. The number of nitrogens with one attached hydrogen (secondary N) is 2. The molecule has 0 aromatic heterocycles. The normalized spacial score (nSPS) is 9.76. The van der Waals surface area contributed by atoms with Gasteiger partial charge in [0.1, 0.15) is 0 Å². The minimum Gasteiger partial charge on any atom is -0.450 e. The van der Waals surface area contributed by atoms with Crippen molar-refractivity contribution in [1.82, 2.24) is 10.6 Å². The van der Waals surface area contributed by atoms with E-state index in [9.17, 15) is 14.4 Å². The first-order valence-electron chi connectivity index (χ1n) is 6.59. The van der Waals surface area contributed by atoms with E-state index in [0.29, 0.717) is 18.7 Å². The molecule has 3 amide bonds. The molecule has 0 fully saturated rings. The SMILES string of the molecule is CCOC(=O)NCCC(=O)NCc1ccc(C(N)=O)cc1. The van der Waals surface area contributed by atoms with Crippen LogP contribution in [0.5, 0.6) is 0 Å². The standard InChI is InChI=1S/C14H19N3O4/c1-2-21-14(20)16-8-7-12(18)17-9-10-3-5-11(6-4-10)13(15)19/h3-6H,2,7-9H2,1H3,(H2,15,19)(H,16,20)(H,17,18). The molecule has 21 heavy (non-hydrogen) atoms. The van der Waals surface area contributed by atoms with Gasteiger partial charge in [-0.2, -0.15) is 0 Å². The van der Waals surface area contributed by atoms with Gasteiger partial charge in [-0.05, 0) is 24.6 Å². The van der Waals surface area contributed by atoms with Gasteiger partial charge >= 0.3 is 6.09 Å². The summed E-state index contributed by atoms with van der Waals surface area (Å²) in [7, 11) is 0. The number of alkyl carbamates (subject to hydrolysis) is 1. The van der Waals surface area contributed by atoms with Crippen LogP contribution in [0, 0.1) is 0 Å². The fourth-order valence-electron chi connectivity index (χ4n) is 1.54. The Balaban J connectivity index is 2.26. The number of carbonyl (C=O) groups is 3. The highest BCUT2D eigenvalue weighted by Gasteiger charge is 2.05. The lowest BCUT2D eigenvalue weighted by Crippen LogP contribution is -2.30. The van der Waals surface area contributed by atoms with Crippen molar-refractivity contribution in [2.75, 3.05) is 13.2 Å². The van der Waals surface area contributed by atoms with Crippen LogP contribution in [-0.4, -0.2) is 31.1 Å². The van der Waals surface area contributed by atoms with Gasteiger partial charge in [-0.15, -0.1) is 0 Å². The zero-order chi connectivity index (χ0) is 15.7. The predicted molar refractivity (Wildman–Crippen MR) is 76.4 cm³/mol. The van der Waals surface area contributed by atoms with E-state index >= 15 is 0 Å². The molecule has 0 aliphatic carbocycles. The van der Waals surface area contributed by atoms with Crippen molar-refractivity contribution >= 4 is 17.9 Å². The van der Waals surface area contributed by atoms with E-state index in [1.54, 1.807) is 31.2 Å². The number of amides is 3. The average Bonchev–Trinajstić information content (AvgIpc) is 2.46. The van der Waals surface area contributed by atoms with E-state index in [1.165, 1.54) is 0 Å². The quantitative estimate of drug-likeness (QED) is 0.681. The van der Waals surface area contributed by atoms with Crippen molar-refractivity contribution in [3.8, 4) is 0 Å². The molecule has 0 heterocycles. The van der Waals surface area contributed by atoms with Gasteiger partial charge in [0.2, 0.25) is 11.8 Å². The third-order valence-corrected chi connectivity index (χ3v) is 2.62. The predicted octanol–water partition coefficient (Wildman–Crippen LogP) is 0.538. The zero-order valence-corrected chi connectivity index (χ0v) is 11.8. The Morgan fingerprint density at radius 2 is 1.81 bits per heavy atom. The van der Waals surface area contributed by atoms with Gasteiger partial charge in [0, 0.05) is 25.1 Å². The molecule has 0 radical (unpaired) electrons. The van der Waals surface area contributed by atoms with Crippen molar-refractivity contribution in [2.45, 2.75) is 19.9 Å². The first-order valence-corrected chi connectivity index (χ1v) is 6.59. The maximum Gasteiger partial charge on any atom is 0.407 e. The maximum absolute atomic E-state index is 11.6.